The van der Waals surface area contributed by atoms with E-state index in [4.69, 9.17) is 0 Å². The van der Waals surface area contributed by atoms with Crippen molar-refractivity contribution in [3.05, 3.63) is 57.6 Å². The van der Waals surface area contributed by atoms with Gasteiger partial charge in [0.2, 0.25) is 11.5 Å². The molecule has 0 radical (unpaired) electrons. The van der Waals surface area contributed by atoms with Gasteiger partial charge in [0.05, 0.1) is 6.42 Å². The lowest BCUT2D eigenvalue weighted by Gasteiger charge is -2.09. The highest BCUT2D eigenvalue weighted by Gasteiger charge is 2.18. The number of hydrogen-bond acceptors (Lipinski definition) is 7. The van der Waals surface area contributed by atoms with Crippen LogP contribution >= 0.6 is 11.3 Å². The molecule has 0 saturated carbocycles. The summed E-state index contributed by atoms with van der Waals surface area (Å²) in [6.45, 7) is 0. The number of ketones is 1. The summed E-state index contributed by atoms with van der Waals surface area (Å²) in [5, 5.41) is 35.1. The number of carbonyl (C=O) groups is 2. The Hall–Kier alpha value is -2.94. The molecule has 0 spiro atoms. The van der Waals surface area contributed by atoms with Gasteiger partial charge < -0.3 is 15.5 Å². The molecule has 1 aromatic heterocycles. The van der Waals surface area contributed by atoms with E-state index in [1.165, 1.54) is 30.5 Å². The summed E-state index contributed by atoms with van der Waals surface area (Å²) in [7, 11) is 0. The van der Waals surface area contributed by atoms with Gasteiger partial charge in [0.1, 0.15) is 5.76 Å². The average Bonchev–Trinajstić information content (AvgIpc) is 3.00. The lowest BCUT2D eigenvalue weighted by molar-refractivity contribution is -0.377. The van der Waals surface area contributed by atoms with E-state index in [-0.39, 0.29) is 22.2 Å². The predicted molar refractivity (Wildman–Crippen MR) is 80.3 cm³/mol. The van der Waals surface area contributed by atoms with Gasteiger partial charge in [0.25, 0.3) is 5.91 Å². The molecule has 0 aliphatic heterocycles. The zero-order chi connectivity index (χ0) is 16.1. The Labute approximate surface area is 128 Å². The van der Waals surface area contributed by atoms with Crippen molar-refractivity contribution in [1.82, 2.24) is 4.98 Å². The van der Waals surface area contributed by atoms with Gasteiger partial charge in [-0.15, -0.1) is 11.3 Å². The van der Waals surface area contributed by atoms with E-state index in [1.54, 1.807) is 5.38 Å². The largest absolute Gasteiger partial charge is 0.612 e. The maximum absolute atomic E-state index is 11.7. The number of allylic oxidation sites excluding steroid dienone is 6. The number of hydrogen-bond donors (Lipinski definition) is 2. The third-order valence-electron chi connectivity index (χ3n) is 2.65. The molecule has 1 aliphatic carbocycles. The van der Waals surface area contributed by atoms with Crippen LogP contribution in [0.25, 0.3) is 0 Å². The molecule has 1 aromatic rings. The van der Waals surface area contributed by atoms with E-state index in [2.05, 4.69) is 10.3 Å². The van der Waals surface area contributed by atoms with Crippen molar-refractivity contribution >= 4 is 33.9 Å². The van der Waals surface area contributed by atoms with E-state index in [1.807, 2.05) is 0 Å². The van der Waals surface area contributed by atoms with Gasteiger partial charge >= 0.3 is 0 Å². The summed E-state index contributed by atoms with van der Waals surface area (Å²) in [6, 6.07) is 0. The number of aliphatic hydroxyl groups excluding tert-OH is 1. The van der Waals surface area contributed by atoms with Crippen LogP contribution in [0.15, 0.2) is 47.2 Å². The number of aliphatic hydroxyl groups is 1. The van der Waals surface area contributed by atoms with Gasteiger partial charge in [0, 0.05) is 29.3 Å². The Morgan fingerprint density at radius 2 is 1.95 bits per heavy atom. The third kappa shape index (κ3) is 3.79. The molecule has 114 valence electrons. The average molecular weight is 320 g/mol. The summed E-state index contributed by atoms with van der Waals surface area (Å²) in [5.41, 5.74) is 0.102. The number of carbonyl (C=O) groups excluding carboxylic acids is 2. The van der Waals surface area contributed by atoms with E-state index in [0.717, 1.165) is 11.3 Å². The maximum Gasteiger partial charge on any atom is 0.294 e. The van der Waals surface area contributed by atoms with E-state index >= 15 is 0 Å². The molecule has 8 nitrogen and oxygen atoms in total. The molecule has 2 N–H and O–H groups in total. The Bertz CT molecular complexity index is 694. The van der Waals surface area contributed by atoms with Gasteiger partial charge in [-0.3, -0.25) is 14.9 Å². The van der Waals surface area contributed by atoms with Crippen LogP contribution in [0.2, 0.25) is 0 Å². The molecule has 0 atom stereocenters. The van der Waals surface area contributed by atoms with Crippen molar-refractivity contribution in [3.63, 3.8) is 0 Å². The van der Waals surface area contributed by atoms with Gasteiger partial charge in [-0.1, -0.05) is 0 Å². The third-order valence-corrected chi connectivity index (χ3v) is 3.33. The van der Waals surface area contributed by atoms with E-state index < -0.39 is 23.0 Å². The summed E-state index contributed by atoms with van der Waals surface area (Å²) >= 11 is 1.16. The molecule has 0 aromatic carbocycles. The van der Waals surface area contributed by atoms with Gasteiger partial charge in [-0.25, -0.2) is 4.98 Å². The minimum atomic E-state index is -0.886. The molecule has 0 unspecified atom stereocenters. The minimum absolute atomic E-state index is 0.135. The molecule has 9 heteroatoms. The molecule has 1 heterocycles. The lowest BCUT2D eigenvalue weighted by atomic mass is 10.0. The summed E-state index contributed by atoms with van der Waals surface area (Å²) in [4.78, 5) is 26.5. The Kier molecular flexibility index (Phi) is 4.69. The highest BCUT2D eigenvalue weighted by molar-refractivity contribution is 7.13. The quantitative estimate of drug-likeness (QED) is 0.374. The summed E-state index contributed by atoms with van der Waals surface area (Å²) in [5.74, 6) is -2.07. The van der Waals surface area contributed by atoms with Gasteiger partial charge in [0.15, 0.2) is 5.13 Å². The lowest BCUT2D eigenvalue weighted by Crippen LogP contribution is -2.23. The molecule has 1 aliphatic rings. The fraction of sp³-hybridized carbons (Fsp3) is 0.0769. The van der Waals surface area contributed by atoms with Crippen molar-refractivity contribution in [2.45, 2.75) is 6.42 Å². The maximum atomic E-state index is 11.7. The fourth-order valence-corrected chi connectivity index (χ4v) is 2.09. The van der Waals surface area contributed by atoms with E-state index in [9.17, 15) is 25.1 Å². The Morgan fingerprint density at radius 3 is 2.50 bits per heavy atom. The minimum Gasteiger partial charge on any atom is -0.612 e. The first-order valence-corrected chi connectivity index (χ1v) is 6.88. The van der Waals surface area contributed by atoms with Crippen molar-refractivity contribution in [1.29, 1.82) is 0 Å². The molecular formula is C13H10N3O5S-. The number of aromatic nitrogens is 1. The number of nitrogens with zero attached hydrogens (tertiary/aromatic N) is 2. The number of nitrogens with one attached hydrogen (secondary N) is 1. The molecule has 0 fully saturated rings. The first-order valence-electron chi connectivity index (χ1n) is 6.00. The first-order chi connectivity index (χ1) is 10.5. The monoisotopic (exact) mass is 320 g/mol. The van der Waals surface area contributed by atoms with Gasteiger partial charge in [-0.05, 0) is 12.2 Å². The second-order valence-corrected chi connectivity index (χ2v) is 5.04. The van der Waals surface area contributed by atoms with Crippen LogP contribution in [0.4, 0.5) is 5.13 Å². The van der Waals surface area contributed by atoms with Crippen molar-refractivity contribution in [2.24, 2.45) is 0 Å². The van der Waals surface area contributed by atoms with Crippen LogP contribution in [0.1, 0.15) is 6.42 Å². The highest BCUT2D eigenvalue weighted by atomic mass is 32.1. The second-order valence-electron chi connectivity index (χ2n) is 4.14. The van der Waals surface area contributed by atoms with Gasteiger partial charge in [-0.2, -0.15) is 4.90 Å². The zero-order valence-electron chi connectivity index (χ0n) is 11.1. The van der Waals surface area contributed by atoms with Crippen LogP contribution in [0.3, 0.4) is 0 Å². The normalized spacial score (nSPS) is 13.1. The molecule has 1 amide bonds. The van der Waals surface area contributed by atoms with Crippen LogP contribution in [-0.2, 0) is 9.59 Å². The molecule has 22 heavy (non-hydrogen) atoms. The number of thiazole rings is 1. The molecular weight excluding hydrogens is 310 g/mol. The Balaban J connectivity index is 2.01. The summed E-state index contributed by atoms with van der Waals surface area (Å²) in [6.07, 6.45) is 5.98. The molecule has 2 rings (SSSR count). The van der Waals surface area contributed by atoms with E-state index in [0.29, 0.717) is 0 Å². The van der Waals surface area contributed by atoms with Crippen LogP contribution in [-0.4, -0.2) is 32.4 Å². The first kappa shape index (κ1) is 15.4. The van der Waals surface area contributed by atoms with Crippen LogP contribution in [0, 0.1) is 10.4 Å². The summed E-state index contributed by atoms with van der Waals surface area (Å²) < 4.78 is 0. The van der Waals surface area contributed by atoms with Crippen molar-refractivity contribution in [3.8, 4) is 0 Å². The number of amides is 1. The topological polar surface area (TPSA) is 128 Å². The Morgan fingerprint density at radius 1 is 1.27 bits per heavy atom. The van der Waals surface area contributed by atoms with Crippen LogP contribution in [0.5, 0.6) is 0 Å². The standard InChI is InChI=1S/C13H10N3O5S/c17-10(8-1-3-9(4-2-8)16(20)21)7-11(18)12(19)15-13-14-5-6-22-13/h1-6H,7H2,(H2-,14,15,17,18,19,20,21)/q-1. The smallest absolute Gasteiger partial charge is 0.294 e. The number of anilines is 1. The number of rotatable bonds is 4. The SMILES string of the molecule is O=C(CC(O)=C1C=CC(=[N+]([O-])[O-])C=C1)C(=O)Nc1nccs1. The number of Topliss-reactive ketones (excluding diaryl/α,β-unsaturated/α-hetero) is 1. The second kappa shape index (κ2) is 6.68. The predicted octanol–water partition coefficient (Wildman–Crippen LogP) is 1.43. The highest BCUT2D eigenvalue weighted by Crippen LogP contribution is 2.15. The van der Waals surface area contributed by atoms with Crippen molar-refractivity contribution in [2.75, 3.05) is 5.32 Å². The van der Waals surface area contributed by atoms with Crippen molar-refractivity contribution < 1.29 is 19.6 Å². The van der Waals surface area contributed by atoms with Crippen LogP contribution < -0.4 is 5.32 Å². The molecule has 0 saturated heterocycles. The molecule has 0 bridgehead atoms. The zero-order valence-corrected chi connectivity index (χ0v) is 11.9. The fourth-order valence-electron chi connectivity index (χ4n) is 1.56.